The summed E-state index contributed by atoms with van der Waals surface area (Å²) in [5.41, 5.74) is -1.05. The summed E-state index contributed by atoms with van der Waals surface area (Å²) >= 11 is 0. The molecule has 0 aliphatic heterocycles. The third kappa shape index (κ3) is 8.07. The summed E-state index contributed by atoms with van der Waals surface area (Å²) in [4.78, 5) is 21.5. The van der Waals surface area contributed by atoms with E-state index in [0.29, 0.717) is 0 Å². The first kappa shape index (κ1) is 14.7. The first-order chi connectivity index (χ1) is 7.02. The minimum atomic E-state index is -4.38. The van der Waals surface area contributed by atoms with Gasteiger partial charge in [0.2, 0.25) is 5.91 Å². The molecule has 7 heteroatoms. The number of hydrogen-bond donors (Lipinski definition) is 2. The molecule has 0 saturated heterocycles. The second kappa shape index (κ2) is 5.18. The molecule has 2 N–H and O–H groups in total. The third-order valence-corrected chi connectivity index (χ3v) is 1.71. The Hall–Kier alpha value is -1.27. The smallest absolute Gasteiger partial charge is 0.389 e. The standard InChI is InChI=1S/C9H14F3NO3/c1-8(2,5-7(15)16)13-6(14)3-4-9(10,11)12/h3-5H2,1-2H3,(H,13,14)(H,15,16). The molecule has 0 aliphatic rings. The van der Waals surface area contributed by atoms with E-state index in [0.717, 1.165) is 0 Å². The van der Waals surface area contributed by atoms with Crippen LogP contribution in [0.15, 0.2) is 0 Å². The Morgan fingerprint density at radius 3 is 2.12 bits per heavy atom. The lowest BCUT2D eigenvalue weighted by Crippen LogP contribution is -2.45. The number of aliphatic carboxylic acids is 1. The van der Waals surface area contributed by atoms with Gasteiger partial charge in [-0.25, -0.2) is 0 Å². The number of nitrogens with one attached hydrogen (secondary N) is 1. The molecule has 16 heavy (non-hydrogen) atoms. The van der Waals surface area contributed by atoms with Gasteiger partial charge in [-0.15, -0.1) is 0 Å². The normalized spacial score (nSPS) is 12.3. The van der Waals surface area contributed by atoms with E-state index in [1.807, 2.05) is 0 Å². The van der Waals surface area contributed by atoms with Crippen molar-refractivity contribution in [3.05, 3.63) is 0 Å². The highest BCUT2D eigenvalue weighted by Crippen LogP contribution is 2.21. The van der Waals surface area contributed by atoms with Crippen LogP contribution in [0, 0.1) is 0 Å². The number of carbonyl (C=O) groups excluding carboxylic acids is 1. The molecule has 0 atom stereocenters. The Balaban J connectivity index is 4.09. The van der Waals surface area contributed by atoms with Gasteiger partial charge >= 0.3 is 12.1 Å². The van der Waals surface area contributed by atoms with Gasteiger partial charge in [-0.3, -0.25) is 9.59 Å². The van der Waals surface area contributed by atoms with Crippen LogP contribution in [-0.2, 0) is 9.59 Å². The van der Waals surface area contributed by atoms with Gasteiger partial charge in [0, 0.05) is 12.0 Å². The van der Waals surface area contributed by atoms with Crippen LogP contribution in [-0.4, -0.2) is 28.7 Å². The van der Waals surface area contributed by atoms with Gasteiger partial charge in [-0.05, 0) is 13.8 Å². The van der Waals surface area contributed by atoms with Crippen LogP contribution in [0.4, 0.5) is 13.2 Å². The predicted octanol–water partition coefficient (Wildman–Crippen LogP) is 1.70. The molecule has 0 saturated carbocycles. The fraction of sp³-hybridized carbons (Fsp3) is 0.778. The summed E-state index contributed by atoms with van der Waals surface area (Å²) in [5.74, 6) is -1.93. The molecular formula is C9H14F3NO3. The molecule has 0 aromatic carbocycles. The Bertz CT molecular complexity index is 274. The van der Waals surface area contributed by atoms with Crippen LogP contribution < -0.4 is 5.32 Å². The van der Waals surface area contributed by atoms with Crippen molar-refractivity contribution in [1.82, 2.24) is 5.32 Å². The van der Waals surface area contributed by atoms with Crippen LogP contribution in [0.2, 0.25) is 0 Å². The number of rotatable bonds is 5. The van der Waals surface area contributed by atoms with Gasteiger partial charge in [0.15, 0.2) is 0 Å². The van der Waals surface area contributed by atoms with Gasteiger partial charge in [0.1, 0.15) is 0 Å². The largest absolute Gasteiger partial charge is 0.481 e. The SMILES string of the molecule is CC(C)(CC(=O)O)NC(=O)CCC(F)(F)F. The average Bonchev–Trinajstić information content (AvgIpc) is 1.95. The topological polar surface area (TPSA) is 66.4 Å². The van der Waals surface area contributed by atoms with E-state index in [1.165, 1.54) is 13.8 Å². The third-order valence-electron chi connectivity index (χ3n) is 1.71. The molecule has 0 aromatic rings. The zero-order valence-electron chi connectivity index (χ0n) is 9.02. The van der Waals surface area contributed by atoms with Gasteiger partial charge in [-0.2, -0.15) is 13.2 Å². The lowest BCUT2D eigenvalue weighted by Gasteiger charge is -2.24. The van der Waals surface area contributed by atoms with E-state index in [9.17, 15) is 22.8 Å². The van der Waals surface area contributed by atoms with Crippen molar-refractivity contribution in [3.63, 3.8) is 0 Å². The minimum Gasteiger partial charge on any atom is -0.481 e. The summed E-state index contributed by atoms with van der Waals surface area (Å²) in [5, 5.41) is 10.7. The van der Waals surface area contributed by atoms with Crippen LogP contribution in [0.25, 0.3) is 0 Å². The number of amides is 1. The fourth-order valence-electron chi connectivity index (χ4n) is 1.12. The second-order valence-electron chi connectivity index (χ2n) is 4.12. The molecule has 4 nitrogen and oxygen atoms in total. The number of alkyl halides is 3. The molecular weight excluding hydrogens is 227 g/mol. The quantitative estimate of drug-likeness (QED) is 0.769. The predicted molar refractivity (Wildman–Crippen MR) is 49.8 cm³/mol. The number of carboxylic acids is 1. The molecule has 0 rings (SSSR count). The van der Waals surface area contributed by atoms with E-state index in [2.05, 4.69) is 5.32 Å². The van der Waals surface area contributed by atoms with Crippen molar-refractivity contribution in [1.29, 1.82) is 0 Å². The van der Waals surface area contributed by atoms with Crippen LogP contribution in [0.5, 0.6) is 0 Å². The van der Waals surface area contributed by atoms with E-state index >= 15 is 0 Å². The summed E-state index contributed by atoms with van der Waals surface area (Å²) in [6.07, 6.45) is -6.62. The maximum absolute atomic E-state index is 11.8. The molecule has 0 radical (unpaired) electrons. The molecule has 0 aromatic heterocycles. The van der Waals surface area contributed by atoms with Crippen molar-refractivity contribution in [2.75, 3.05) is 0 Å². The molecule has 0 spiro atoms. The van der Waals surface area contributed by atoms with Crippen LogP contribution in [0.1, 0.15) is 33.1 Å². The maximum atomic E-state index is 11.8. The minimum absolute atomic E-state index is 0.343. The van der Waals surface area contributed by atoms with E-state index < -0.39 is 36.4 Å². The van der Waals surface area contributed by atoms with Crippen molar-refractivity contribution in [3.8, 4) is 0 Å². The average molecular weight is 241 g/mol. The number of carboxylic acid groups (broad SMARTS) is 1. The highest BCUT2D eigenvalue weighted by atomic mass is 19.4. The molecule has 0 unspecified atom stereocenters. The van der Waals surface area contributed by atoms with Gasteiger partial charge < -0.3 is 10.4 Å². The first-order valence-corrected chi connectivity index (χ1v) is 4.61. The van der Waals surface area contributed by atoms with Crippen molar-refractivity contribution >= 4 is 11.9 Å². The number of carbonyl (C=O) groups is 2. The Labute approximate surface area is 90.8 Å². The fourth-order valence-corrected chi connectivity index (χ4v) is 1.12. The zero-order chi connectivity index (χ0) is 13.0. The van der Waals surface area contributed by atoms with Crippen molar-refractivity contribution < 1.29 is 27.9 Å². The maximum Gasteiger partial charge on any atom is 0.389 e. The summed E-state index contributed by atoms with van der Waals surface area (Å²) < 4.78 is 35.4. The zero-order valence-corrected chi connectivity index (χ0v) is 9.02. The monoisotopic (exact) mass is 241 g/mol. The molecule has 0 bridgehead atoms. The van der Waals surface area contributed by atoms with Gasteiger partial charge in [-0.1, -0.05) is 0 Å². The molecule has 0 fully saturated rings. The van der Waals surface area contributed by atoms with Crippen molar-refractivity contribution in [2.45, 2.75) is 44.8 Å². The number of hydrogen-bond acceptors (Lipinski definition) is 2. The van der Waals surface area contributed by atoms with E-state index in [-0.39, 0.29) is 6.42 Å². The second-order valence-corrected chi connectivity index (χ2v) is 4.12. The van der Waals surface area contributed by atoms with E-state index in [4.69, 9.17) is 5.11 Å². The number of halogens is 3. The molecule has 0 aliphatic carbocycles. The lowest BCUT2D eigenvalue weighted by atomic mass is 10.0. The Morgan fingerprint density at radius 2 is 1.75 bits per heavy atom. The Morgan fingerprint density at radius 1 is 1.25 bits per heavy atom. The first-order valence-electron chi connectivity index (χ1n) is 4.61. The molecule has 0 heterocycles. The highest BCUT2D eigenvalue weighted by Gasteiger charge is 2.30. The van der Waals surface area contributed by atoms with Gasteiger partial charge in [0.05, 0.1) is 12.8 Å². The molecule has 1 amide bonds. The van der Waals surface area contributed by atoms with E-state index in [1.54, 1.807) is 0 Å². The Kier molecular flexibility index (Phi) is 4.77. The lowest BCUT2D eigenvalue weighted by molar-refractivity contribution is -0.145. The highest BCUT2D eigenvalue weighted by molar-refractivity contribution is 5.78. The van der Waals surface area contributed by atoms with Gasteiger partial charge in [0.25, 0.3) is 0 Å². The van der Waals surface area contributed by atoms with Crippen LogP contribution in [0.3, 0.4) is 0 Å². The van der Waals surface area contributed by atoms with Crippen molar-refractivity contribution in [2.24, 2.45) is 0 Å². The van der Waals surface area contributed by atoms with Crippen LogP contribution >= 0.6 is 0 Å². The summed E-state index contributed by atoms with van der Waals surface area (Å²) in [7, 11) is 0. The summed E-state index contributed by atoms with van der Waals surface area (Å²) in [6, 6.07) is 0. The summed E-state index contributed by atoms with van der Waals surface area (Å²) in [6.45, 7) is 2.87. The molecule has 94 valence electrons.